The van der Waals surface area contributed by atoms with Crippen LogP contribution in [-0.2, 0) is 9.59 Å². The van der Waals surface area contributed by atoms with Crippen molar-refractivity contribution >= 4 is 71.4 Å². The van der Waals surface area contributed by atoms with Crippen LogP contribution in [0, 0.1) is 11.5 Å². The lowest BCUT2D eigenvalue weighted by atomic mass is 10.7. The first-order valence-corrected chi connectivity index (χ1v) is 10.3. The van der Waals surface area contributed by atoms with Crippen LogP contribution in [0.1, 0.15) is 0 Å². The third-order valence-electron chi connectivity index (χ3n) is 2.59. The molecule has 0 aliphatic rings. The monoisotopic (exact) mass is 612 g/mol. The number of nitrogens with zero attached hydrogens (tertiary/aromatic N) is 11. The maximum Gasteiger partial charge on any atom is 0.317 e. The van der Waals surface area contributed by atoms with E-state index in [9.17, 15) is 9.59 Å². The van der Waals surface area contributed by atoms with Gasteiger partial charge in [-0.1, -0.05) is 0 Å². The van der Waals surface area contributed by atoms with Crippen molar-refractivity contribution in [3.8, 4) is 6.19 Å². The molecule has 0 spiro atoms. The average Bonchev–Trinajstić information content (AvgIpc) is 2.83. The number of guanidine groups is 1. The van der Waals surface area contributed by atoms with Gasteiger partial charge in [-0.15, -0.1) is 4.99 Å². The predicted octanol–water partition coefficient (Wildman–Crippen LogP) is -7.35. The number of nitrogen functional groups attached to an aromatic ring is 9. The van der Waals surface area contributed by atoms with E-state index in [1.807, 2.05) is 0 Å². The van der Waals surface area contributed by atoms with Crippen LogP contribution in [0.25, 0.3) is 0 Å². The molecule has 28 N–H and O–H groups in total. The summed E-state index contributed by atoms with van der Waals surface area (Å²) in [7, 11) is 0. The molecule has 3 heterocycles. The van der Waals surface area contributed by atoms with Crippen LogP contribution < -0.4 is 74.5 Å². The number of hydrogen-bond donors (Lipinski definition) is 15. The second-order valence-corrected chi connectivity index (χ2v) is 6.06. The fourth-order valence-electron chi connectivity index (χ4n) is 1.34. The lowest BCUT2D eigenvalue weighted by Gasteiger charge is -1.93. The van der Waals surface area contributed by atoms with Gasteiger partial charge in [-0.2, -0.15) is 50.1 Å². The third kappa shape index (κ3) is 29.3. The van der Waals surface area contributed by atoms with E-state index in [-0.39, 0.29) is 72.6 Å². The normalized spacial score (nSPS) is 8.40. The van der Waals surface area contributed by atoms with Crippen LogP contribution >= 0.6 is 0 Å². The highest BCUT2D eigenvalue weighted by Crippen LogP contribution is 1.98. The first-order chi connectivity index (χ1) is 19.9. The molecular weight excluding hydrogens is 580 g/mol. The molecule has 0 atom stereocenters. The second kappa shape index (κ2) is 22.8. The summed E-state index contributed by atoms with van der Waals surface area (Å²) < 4.78 is 0. The van der Waals surface area contributed by atoms with Crippen molar-refractivity contribution < 1.29 is 19.8 Å². The van der Waals surface area contributed by atoms with Gasteiger partial charge in [-0.25, -0.2) is 0 Å². The summed E-state index contributed by atoms with van der Waals surface area (Å²) in [6.45, 7) is -0.556. The van der Waals surface area contributed by atoms with Gasteiger partial charge in [-0.3, -0.25) is 9.59 Å². The Morgan fingerprint density at radius 2 is 0.674 bits per heavy atom. The Bertz CT molecular complexity index is 1060. The second-order valence-electron chi connectivity index (χ2n) is 6.06. The number of carboxylic acids is 2. The van der Waals surface area contributed by atoms with Gasteiger partial charge in [0.2, 0.25) is 65.7 Å². The highest BCUT2D eigenvalue weighted by atomic mass is 16.4. The standard InChI is InChI=1S/3C3H6N6.C2H4N4.2C2H5NO2/c3*4-1-7-2(5)9-3(6)8-1;3-1-6-2(4)5;2*3-1-2(4)5/h3*(H6,4,5,6,7,8,9);(H4,4,5,6);2*1,3H2,(H,4,5). The summed E-state index contributed by atoms with van der Waals surface area (Å²) in [4.78, 5) is 52.8. The Labute approximate surface area is 240 Å². The number of carbonyl (C=O) groups is 2. The molecule has 0 bridgehead atoms. The molecule has 0 radical (unpaired) electrons. The van der Waals surface area contributed by atoms with Crippen molar-refractivity contribution in [1.29, 1.82) is 5.26 Å². The number of aliphatic carboxylic acids is 2. The Morgan fingerprint density at radius 3 is 0.721 bits per heavy atom. The molecule has 0 amide bonds. The van der Waals surface area contributed by atoms with Gasteiger partial charge in [0.1, 0.15) is 0 Å². The molecule has 0 aromatic carbocycles. The minimum Gasteiger partial charge on any atom is -0.480 e. The van der Waals surface area contributed by atoms with Crippen LogP contribution in [0.3, 0.4) is 0 Å². The van der Waals surface area contributed by atoms with Crippen LogP contribution in [-0.4, -0.2) is 86.1 Å². The maximum atomic E-state index is 9.24. The Balaban J connectivity index is -0.000000456. The first-order valence-electron chi connectivity index (χ1n) is 10.3. The fourth-order valence-corrected chi connectivity index (χ4v) is 1.34. The minimum atomic E-state index is -0.968. The highest BCUT2D eigenvalue weighted by molar-refractivity contribution is 5.76. The molecule has 0 unspecified atom stereocenters. The smallest absolute Gasteiger partial charge is 0.317 e. The number of aromatic nitrogens is 9. The Hall–Kier alpha value is -7.15. The van der Waals surface area contributed by atoms with Crippen molar-refractivity contribution in [3.05, 3.63) is 0 Å². The van der Waals surface area contributed by atoms with Crippen LogP contribution in [0.4, 0.5) is 53.5 Å². The molecule has 0 saturated carbocycles. The zero-order valence-electron chi connectivity index (χ0n) is 22.1. The number of aliphatic imine (C=N–C) groups is 1. The summed E-state index contributed by atoms with van der Waals surface area (Å²) in [6, 6.07) is 0. The third-order valence-corrected chi connectivity index (χ3v) is 2.59. The maximum absolute atomic E-state index is 9.24. The lowest BCUT2D eigenvalue weighted by molar-refractivity contribution is -0.136. The van der Waals surface area contributed by atoms with E-state index in [0.717, 1.165) is 0 Å². The van der Waals surface area contributed by atoms with Crippen LogP contribution in [0.5, 0.6) is 0 Å². The van der Waals surface area contributed by atoms with E-state index in [4.69, 9.17) is 78.5 Å². The average molecular weight is 613 g/mol. The molecule has 0 aliphatic heterocycles. The van der Waals surface area contributed by atoms with Crippen molar-refractivity contribution in [1.82, 2.24) is 44.9 Å². The van der Waals surface area contributed by atoms with Gasteiger partial charge < -0.3 is 84.8 Å². The van der Waals surface area contributed by atoms with Crippen molar-refractivity contribution in [2.75, 3.05) is 64.7 Å². The summed E-state index contributed by atoms with van der Waals surface area (Å²) in [6.07, 6.45) is 1.41. The zero-order valence-corrected chi connectivity index (χ0v) is 22.1. The molecule has 0 fully saturated rings. The molecule has 3 aromatic heterocycles. The molecule has 0 saturated heterocycles. The van der Waals surface area contributed by atoms with Crippen LogP contribution in [0.15, 0.2) is 4.99 Å². The predicted molar refractivity (Wildman–Crippen MR) is 154 cm³/mol. The van der Waals surface area contributed by atoms with E-state index in [1.54, 1.807) is 0 Å². The van der Waals surface area contributed by atoms with Crippen molar-refractivity contribution in [2.24, 2.45) is 27.9 Å². The number of nitriles is 1. The summed E-state index contributed by atoms with van der Waals surface area (Å²) in [5.41, 5.74) is 64.8. The van der Waals surface area contributed by atoms with E-state index in [2.05, 4.69) is 61.3 Å². The molecular formula is C15H32N24O4. The number of carboxylic acid groups (broad SMARTS) is 2. The quantitative estimate of drug-likeness (QED) is 0.0725. The summed E-state index contributed by atoms with van der Waals surface area (Å²) in [5, 5.41) is 22.8. The Kier molecular flexibility index (Phi) is 21.4. The molecule has 3 aromatic rings. The molecule has 0 aliphatic carbocycles. The van der Waals surface area contributed by atoms with Gasteiger partial charge >= 0.3 is 11.9 Å². The molecule has 28 nitrogen and oxygen atoms in total. The van der Waals surface area contributed by atoms with E-state index in [1.165, 1.54) is 6.19 Å². The topological polar surface area (TPSA) is 565 Å². The summed E-state index contributed by atoms with van der Waals surface area (Å²) in [5.74, 6) is -1.76. The van der Waals surface area contributed by atoms with Gasteiger partial charge in [0.25, 0.3) is 0 Å². The summed E-state index contributed by atoms with van der Waals surface area (Å²) >= 11 is 0. The van der Waals surface area contributed by atoms with E-state index < -0.39 is 11.9 Å². The first kappa shape index (κ1) is 40.3. The van der Waals surface area contributed by atoms with Gasteiger partial charge in [0.05, 0.1) is 13.1 Å². The van der Waals surface area contributed by atoms with Gasteiger partial charge in [0, 0.05) is 0 Å². The highest BCUT2D eigenvalue weighted by Gasteiger charge is 1.95. The van der Waals surface area contributed by atoms with Crippen molar-refractivity contribution in [3.63, 3.8) is 0 Å². The Morgan fingerprint density at radius 1 is 0.535 bits per heavy atom. The molecule has 43 heavy (non-hydrogen) atoms. The van der Waals surface area contributed by atoms with Crippen molar-refractivity contribution in [2.45, 2.75) is 0 Å². The number of hydrogen-bond acceptors (Lipinski definition) is 24. The lowest BCUT2D eigenvalue weighted by Crippen LogP contribution is -2.21. The van der Waals surface area contributed by atoms with E-state index in [0.29, 0.717) is 0 Å². The minimum absolute atomic E-state index is 0.0417. The number of rotatable bonds is 2. The number of anilines is 9. The van der Waals surface area contributed by atoms with Gasteiger partial charge in [-0.05, 0) is 0 Å². The molecule has 28 heteroatoms. The van der Waals surface area contributed by atoms with Gasteiger partial charge in [0.15, 0.2) is 0 Å². The largest absolute Gasteiger partial charge is 0.480 e. The van der Waals surface area contributed by atoms with E-state index >= 15 is 0 Å². The molecule has 3 rings (SSSR count). The molecule has 236 valence electrons. The van der Waals surface area contributed by atoms with Crippen LogP contribution in [0.2, 0.25) is 0 Å². The number of nitrogens with two attached hydrogens (primary N) is 13. The zero-order chi connectivity index (χ0) is 34.1. The fraction of sp³-hybridized carbons (Fsp3) is 0.133. The SMILES string of the molecule is N#CN=C(N)N.NCC(=O)O.NCC(=O)O.Nc1nc(N)nc(N)n1.Nc1nc(N)nc(N)n1.Nc1nc(N)nc(N)n1.